The molecular formula is C17H21NO. The summed E-state index contributed by atoms with van der Waals surface area (Å²) in [7, 11) is 0. The van der Waals surface area contributed by atoms with Gasteiger partial charge >= 0.3 is 0 Å². The van der Waals surface area contributed by atoms with Crippen molar-refractivity contribution in [2.45, 2.75) is 33.5 Å². The highest BCUT2D eigenvalue weighted by Crippen LogP contribution is 2.12. The van der Waals surface area contributed by atoms with Gasteiger partial charge < -0.3 is 10.4 Å². The SMILES string of the molecule is Cc1cccc(CNCc2cccc(CO)c2)c1C. The second kappa shape index (κ2) is 6.50. The molecule has 0 radical (unpaired) electrons. The van der Waals surface area contributed by atoms with E-state index in [1.165, 1.54) is 22.3 Å². The van der Waals surface area contributed by atoms with Crippen LogP contribution in [0.1, 0.15) is 27.8 Å². The monoisotopic (exact) mass is 255 g/mol. The zero-order chi connectivity index (χ0) is 13.7. The molecule has 0 heterocycles. The molecule has 0 aliphatic carbocycles. The molecule has 2 aromatic carbocycles. The molecule has 100 valence electrons. The van der Waals surface area contributed by atoms with Gasteiger partial charge in [0.2, 0.25) is 0 Å². The first-order valence-electron chi connectivity index (χ1n) is 6.65. The van der Waals surface area contributed by atoms with Gasteiger partial charge in [0, 0.05) is 13.1 Å². The number of hydrogen-bond acceptors (Lipinski definition) is 2. The molecule has 2 heteroatoms. The summed E-state index contributed by atoms with van der Waals surface area (Å²) in [5.41, 5.74) is 6.21. The average Bonchev–Trinajstić information content (AvgIpc) is 2.44. The van der Waals surface area contributed by atoms with Crippen LogP contribution < -0.4 is 5.32 Å². The molecule has 0 spiro atoms. The minimum atomic E-state index is 0.102. The number of nitrogens with one attached hydrogen (secondary N) is 1. The first-order valence-corrected chi connectivity index (χ1v) is 6.65. The van der Waals surface area contributed by atoms with E-state index in [1.807, 2.05) is 18.2 Å². The van der Waals surface area contributed by atoms with Crippen molar-refractivity contribution in [2.75, 3.05) is 0 Å². The molecule has 2 nitrogen and oxygen atoms in total. The van der Waals surface area contributed by atoms with Crippen molar-refractivity contribution < 1.29 is 5.11 Å². The van der Waals surface area contributed by atoms with Crippen LogP contribution in [-0.4, -0.2) is 5.11 Å². The number of aryl methyl sites for hydroxylation is 1. The normalized spacial score (nSPS) is 10.7. The summed E-state index contributed by atoms with van der Waals surface area (Å²) in [4.78, 5) is 0. The summed E-state index contributed by atoms with van der Waals surface area (Å²) < 4.78 is 0. The molecule has 2 aromatic rings. The van der Waals surface area contributed by atoms with E-state index in [1.54, 1.807) is 0 Å². The lowest BCUT2D eigenvalue weighted by atomic mass is 10.0. The standard InChI is InChI=1S/C17H21NO/c1-13-5-3-8-17(14(13)2)11-18-10-15-6-4-7-16(9-15)12-19/h3-9,18-19H,10-12H2,1-2H3. The van der Waals surface area contributed by atoms with Crippen LogP contribution in [0.2, 0.25) is 0 Å². The summed E-state index contributed by atoms with van der Waals surface area (Å²) in [6, 6.07) is 14.5. The second-order valence-corrected chi connectivity index (χ2v) is 4.94. The molecule has 19 heavy (non-hydrogen) atoms. The molecule has 0 aliphatic heterocycles. The molecule has 2 rings (SSSR count). The highest BCUT2D eigenvalue weighted by atomic mass is 16.3. The lowest BCUT2D eigenvalue weighted by Gasteiger charge is -2.10. The van der Waals surface area contributed by atoms with E-state index in [2.05, 4.69) is 43.4 Å². The maximum Gasteiger partial charge on any atom is 0.0681 e. The maximum atomic E-state index is 9.11. The number of rotatable bonds is 5. The third kappa shape index (κ3) is 3.66. The van der Waals surface area contributed by atoms with Gasteiger partial charge in [-0.05, 0) is 41.7 Å². The summed E-state index contributed by atoms with van der Waals surface area (Å²) >= 11 is 0. The molecule has 0 bridgehead atoms. The van der Waals surface area contributed by atoms with Crippen molar-refractivity contribution >= 4 is 0 Å². The van der Waals surface area contributed by atoms with Crippen molar-refractivity contribution in [2.24, 2.45) is 0 Å². The van der Waals surface area contributed by atoms with Crippen LogP contribution in [0, 0.1) is 13.8 Å². The number of benzene rings is 2. The molecule has 0 saturated carbocycles. The zero-order valence-electron chi connectivity index (χ0n) is 11.6. The molecule has 0 unspecified atom stereocenters. The molecule has 0 saturated heterocycles. The van der Waals surface area contributed by atoms with E-state index in [0.29, 0.717) is 0 Å². The van der Waals surface area contributed by atoms with Crippen LogP contribution in [0.3, 0.4) is 0 Å². The minimum absolute atomic E-state index is 0.102. The molecule has 0 aliphatic rings. The predicted molar refractivity (Wildman–Crippen MR) is 78.8 cm³/mol. The van der Waals surface area contributed by atoms with Gasteiger partial charge in [-0.1, -0.05) is 42.5 Å². The Morgan fingerprint density at radius 1 is 0.947 bits per heavy atom. The van der Waals surface area contributed by atoms with Crippen LogP contribution in [-0.2, 0) is 19.7 Å². The van der Waals surface area contributed by atoms with Crippen molar-refractivity contribution in [1.29, 1.82) is 0 Å². The van der Waals surface area contributed by atoms with Crippen molar-refractivity contribution in [3.05, 3.63) is 70.3 Å². The lowest BCUT2D eigenvalue weighted by molar-refractivity contribution is 0.281. The van der Waals surface area contributed by atoms with Crippen molar-refractivity contribution in [3.8, 4) is 0 Å². The van der Waals surface area contributed by atoms with Crippen LogP contribution >= 0.6 is 0 Å². The van der Waals surface area contributed by atoms with Gasteiger partial charge in [-0.2, -0.15) is 0 Å². The summed E-state index contributed by atoms with van der Waals surface area (Å²) in [5.74, 6) is 0. The molecule has 0 amide bonds. The fourth-order valence-electron chi connectivity index (χ4n) is 2.18. The van der Waals surface area contributed by atoms with Crippen LogP contribution in [0.5, 0.6) is 0 Å². The second-order valence-electron chi connectivity index (χ2n) is 4.94. The Labute approximate surface area is 115 Å². The summed E-state index contributed by atoms with van der Waals surface area (Å²) in [5, 5.41) is 12.6. The Balaban J connectivity index is 1.94. The Morgan fingerprint density at radius 3 is 2.47 bits per heavy atom. The Morgan fingerprint density at radius 2 is 1.68 bits per heavy atom. The third-order valence-corrected chi connectivity index (χ3v) is 3.54. The summed E-state index contributed by atoms with van der Waals surface area (Å²) in [6.45, 7) is 6.10. The Bertz CT molecular complexity index is 549. The Kier molecular flexibility index (Phi) is 4.72. The van der Waals surface area contributed by atoms with E-state index in [4.69, 9.17) is 5.11 Å². The van der Waals surface area contributed by atoms with Gasteiger partial charge in [0.1, 0.15) is 0 Å². The van der Waals surface area contributed by atoms with E-state index >= 15 is 0 Å². The van der Waals surface area contributed by atoms with Crippen LogP contribution in [0.25, 0.3) is 0 Å². The predicted octanol–water partition coefficient (Wildman–Crippen LogP) is 3.09. The number of aliphatic hydroxyl groups is 1. The smallest absolute Gasteiger partial charge is 0.0681 e. The van der Waals surface area contributed by atoms with Gasteiger partial charge in [-0.15, -0.1) is 0 Å². The van der Waals surface area contributed by atoms with Gasteiger partial charge in [-0.3, -0.25) is 0 Å². The molecule has 2 N–H and O–H groups in total. The van der Waals surface area contributed by atoms with Gasteiger partial charge in [0.05, 0.1) is 6.61 Å². The van der Waals surface area contributed by atoms with E-state index in [-0.39, 0.29) is 6.61 Å². The van der Waals surface area contributed by atoms with Crippen molar-refractivity contribution in [3.63, 3.8) is 0 Å². The Hall–Kier alpha value is -1.64. The topological polar surface area (TPSA) is 32.3 Å². The van der Waals surface area contributed by atoms with E-state index in [0.717, 1.165) is 18.7 Å². The highest BCUT2D eigenvalue weighted by molar-refractivity contribution is 5.33. The maximum absolute atomic E-state index is 9.11. The fourth-order valence-corrected chi connectivity index (χ4v) is 2.18. The molecule has 0 atom stereocenters. The number of hydrogen-bond donors (Lipinski definition) is 2. The van der Waals surface area contributed by atoms with Gasteiger partial charge in [0.25, 0.3) is 0 Å². The zero-order valence-corrected chi connectivity index (χ0v) is 11.6. The largest absolute Gasteiger partial charge is 0.392 e. The van der Waals surface area contributed by atoms with Gasteiger partial charge in [-0.25, -0.2) is 0 Å². The average molecular weight is 255 g/mol. The third-order valence-electron chi connectivity index (χ3n) is 3.54. The van der Waals surface area contributed by atoms with E-state index < -0.39 is 0 Å². The quantitative estimate of drug-likeness (QED) is 0.860. The highest BCUT2D eigenvalue weighted by Gasteiger charge is 2.00. The molecule has 0 fully saturated rings. The fraction of sp³-hybridized carbons (Fsp3) is 0.294. The van der Waals surface area contributed by atoms with Crippen LogP contribution in [0.4, 0.5) is 0 Å². The minimum Gasteiger partial charge on any atom is -0.392 e. The molecule has 0 aromatic heterocycles. The number of aliphatic hydroxyl groups excluding tert-OH is 1. The lowest BCUT2D eigenvalue weighted by Crippen LogP contribution is -2.14. The van der Waals surface area contributed by atoms with Crippen molar-refractivity contribution in [1.82, 2.24) is 5.32 Å². The first-order chi connectivity index (χ1) is 9.20. The van der Waals surface area contributed by atoms with E-state index in [9.17, 15) is 0 Å². The summed E-state index contributed by atoms with van der Waals surface area (Å²) in [6.07, 6.45) is 0. The first kappa shape index (κ1) is 13.8. The van der Waals surface area contributed by atoms with Crippen LogP contribution in [0.15, 0.2) is 42.5 Å². The molecular weight excluding hydrogens is 234 g/mol. The van der Waals surface area contributed by atoms with Gasteiger partial charge in [0.15, 0.2) is 0 Å².